The Hall–Kier alpha value is -2.76. The molecule has 24 heavy (non-hydrogen) atoms. The molecule has 2 aliphatic rings. The average molecular weight is 340 g/mol. The maximum Gasteiger partial charge on any atom is 0.135 e. The number of rotatable bonds is 1. The molecule has 0 radical (unpaired) electrons. The van der Waals surface area contributed by atoms with Crippen molar-refractivity contribution in [2.24, 2.45) is 4.99 Å². The molecule has 0 fully saturated rings. The Morgan fingerprint density at radius 3 is 2.67 bits per heavy atom. The molecule has 118 valence electrons. The number of fused-ring (bicyclic) bond motifs is 1. The van der Waals surface area contributed by atoms with Crippen molar-refractivity contribution in [1.29, 1.82) is 0 Å². The molecule has 2 aromatic rings. The normalized spacial score (nSPS) is 19.2. The first-order chi connectivity index (χ1) is 11.6. The molecule has 2 aliphatic heterocycles. The first-order valence-corrected chi connectivity index (χ1v) is 7.59. The molecule has 1 aromatic carbocycles. The first-order valence-electron chi connectivity index (χ1n) is 7.21. The summed E-state index contributed by atoms with van der Waals surface area (Å²) < 4.78 is 13.3. The minimum atomic E-state index is -0.304. The van der Waals surface area contributed by atoms with Gasteiger partial charge in [-0.15, -0.1) is 0 Å². The van der Waals surface area contributed by atoms with Gasteiger partial charge < -0.3 is 0 Å². The van der Waals surface area contributed by atoms with Gasteiger partial charge >= 0.3 is 0 Å². The van der Waals surface area contributed by atoms with E-state index in [1.807, 2.05) is 12.1 Å². The summed E-state index contributed by atoms with van der Waals surface area (Å²) in [5, 5.41) is 12.0. The largest absolute Gasteiger partial charge is 0.283 e. The number of hydroxylamine groups is 2. The number of hydrogen-bond acceptors (Lipinski definition) is 4. The molecule has 0 bridgehead atoms. The Bertz CT molecular complexity index is 1040. The van der Waals surface area contributed by atoms with E-state index in [0.29, 0.717) is 5.70 Å². The van der Waals surface area contributed by atoms with E-state index < -0.39 is 0 Å². The highest BCUT2D eigenvalue weighted by Gasteiger charge is 2.20. The molecule has 4 nitrogen and oxygen atoms in total. The highest BCUT2D eigenvalue weighted by Crippen LogP contribution is 2.30. The lowest BCUT2D eigenvalue weighted by Crippen LogP contribution is -2.26. The monoisotopic (exact) mass is 339 g/mol. The van der Waals surface area contributed by atoms with Crippen LogP contribution in [0.15, 0.2) is 82.4 Å². The van der Waals surface area contributed by atoms with Crippen molar-refractivity contribution in [3.8, 4) is 0 Å². The first kappa shape index (κ1) is 14.8. The van der Waals surface area contributed by atoms with E-state index in [9.17, 15) is 9.60 Å². The smallest absolute Gasteiger partial charge is 0.135 e. The fourth-order valence-corrected chi connectivity index (χ4v) is 2.85. The van der Waals surface area contributed by atoms with Crippen LogP contribution in [0, 0.1) is 5.82 Å². The molecule has 0 saturated carbocycles. The van der Waals surface area contributed by atoms with E-state index in [0.717, 1.165) is 32.5 Å². The predicted octanol–water partition coefficient (Wildman–Crippen LogP) is 2.61. The number of hydrogen-bond donors (Lipinski definition) is 1. The third-order valence-electron chi connectivity index (χ3n) is 3.79. The second kappa shape index (κ2) is 5.70. The SMILES string of the molecule is ON1C=C/C(=C2\N=c3cccnc3=C2c2ccc(F)cc2)C=C1Cl. The van der Waals surface area contributed by atoms with Crippen molar-refractivity contribution in [3.63, 3.8) is 0 Å². The van der Waals surface area contributed by atoms with Crippen LogP contribution < -0.4 is 10.7 Å². The number of halogens is 2. The van der Waals surface area contributed by atoms with Crippen LogP contribution in [0.4, 0.5) is 4.39 Å². The van der Waals surface area contributed by atoms with Crippen molar-refractivity contribution >= 4 is 17.2 Å². The van der Waals surface area contributed by atoms with Gasteiger partial charge in [0.05, 0.1) is 16.4 Å². The molecule has 1 N–H and O–H groups in total. The second-order valence-electron chi connectivity index (χ2n) is 5.30. The summed E-state index contributed by atoms with van der Waals surface area (Å²) in [5.41, 5.74) is 3.03. The number of aromatic nitrogens is 1. The summed E-state index contributed by atoms with van der Waals surface area (Å²) >= 11 is 6.00. The summed E-state index contributed by atoms with van der Waals surface area (Å²) in [6.45, 7) is 0. The molecule has 0 amide bonds. The summed E-state index contributed by atoms with van der Waals surface area (Å²) in [6, 6.07) is 9.88. The van der Waals surface area contributed by atoms with Crippen molar-refractivity contribution in [3.05, 3.63) is 99.5 Å². The summed E-state index contributed by atoms with van der Waals surface area (Å²) in [7, 11) is 0. The molecule has 0 aliphatic carbocycles. The average Bonchev–Trinajstić information content (AvgIpc) is 2.97. The number of allylic oxidation sites excluding steroid dienone is 4. The maximum atomic E-state index is 13.3. The van der Waals surface area contributed by atoms with Crippen LogP contribution in [0.5, 0.6) is 0 Å². The Morgan fingerprint density at radius 1 is 1.12 bits per heavy atom. The molecule has 0 saturated heterocycles. The van der Waals surface area contributed by atoms with E-state index in [-0.39, 0.29) is 11.0 Å². The van der Waals surface area contributed by atoms with E-state index in [4.69, 9.17) is 11.6 Å². The fraction of sp³-hybridized carbons (Fsp3) is 0. The van der Waals surface area contributed by atoms with E-state index in [2.05, 4.69) is 9.98 Å². The molecule has 0 unspecified atom stereocenters. The van der Waals surface area contributed by atoms with E-state index in [1.54, 1.807) is 30.5 Å². The standard InChI is InChI=1S/C18H11ClFN3O/c19-15-10-12(7-9-23(15)24)17-16(11-3-5-13(20)6-4-11)18-14(22-17)2-1-8-21-18/h1-10,24H/b17-12+. The Kier molecular flexibility index (Phi) is 3.52. The van der Waals surface area contributed by atoms with Gasteiger partial charge in [-0.3, -0.25) is 10.2 Å². The lowest BCUT2D eigenvalue weighted by atomic mass is 9.99. The van der Waals surface area contributed by atoms with E-state index in [1.165, 1.54) is 18.3 Å². The lowest BCUT2D eigenvalue weighted by Gasteiger charge is -2.16. The van der Waals surface area contributed by atoms with Crippen LogP contribution in [0.1, 0.15) is 5.56 Å². The predicted molar refractivity (Wildman–Crippen MR) is 87.7 cm³/mol. The number of pyridine rings is 1. The van der Waals surface area contributed by atoms with Crippen LogP contribution in [-0.4, -0.2) is 15.3 Å². The zero-order chi connectivity index (χ0) is 16.7. The van der Waals surface area contributed by atoms with Crippen molar-refractivity contribution in [2.45, 2.75) is 0 Å². The van der Waals surface area contributed by atoms with Gasteiger partial charge in [0.1, 0.15) is 11.0 Å². The molecule has 6 heteroatoms. The van der Waals surface area contributed by atoms with Gasteiger partial charge in [0, 0.05) is 23.5 Å². The summed E-state index contributed by atoms with van der Waals surface area (Å²) in [5.74, 6) is -0.304. The maximum absolute atomic E-state index is 13.3. The number of benzene rings is 1. The Morgan fingerprint density at radius 2 is 1.92 bits per heavy atom. The number of nitrogens with zero attached hydrogens (tertiary/aromatic N) is 3. The minimum Gasteiger partial charge on any atom is -0.283 e. The molecular formula is C18H11ClFN3O. The van der Waals surface area contributed by atoms with Gasteiger partial charge in [-0.2, -0.15) is 0 Å². The van der Waals surface area contributed by atoms with Gasteiger partial charge in [-0.05, 0) is 42.0 Å². The molecule has 0 spiro atoms. The van der Waals surface area contributed by atoms with Gasteiger partial charge in [0.25, 0.3) is 0 Å². The topological polar surface area (TPSA) is 48.7 Å². The lowest BCUT2D eigenvalue weighted by molar-refractivity contribution is 0.00447. The minimum absolute atomic E-state index is 0.164. The van der Waals surface area contributed by atoms with Crippen molar-refractivity contribution in [2.75, 3.05) is 0 Å². The highest BCUT2D eigenvalue weighted by molar-refractivity contribution is 6.29. The fourth-order valence-electron chi connectivity index (χ4n) is 2.68. The van der Waals surface area contributed by atoms with Gasteiger partial charge in [0.2, 0.25) is 0 Å². The molecular weight excluding hydrogens is 329 g/mol. The highest BCUT2D eigenvalue weighted by atomic mass is 35.5. The molecule has 4 rings (SSSR count). The van der Waals surface area contributed by atoms with Crippen LogP contribution >= 0.6 is 11.6 Å². The van der Waals surface area contributed by atoms with Crippen LogP contribution in [0.3, 0.4) is 0 Å². The Labute approximate surface area is 141 Å². The van der Waals surface area contributed by atoms with Gasteiger partial charge in [0.15, 0.2) is 0 Å². The zero-order valence-electron chi connectivity index (χ0n) is 12.3. The molecule has 3 heterocycles. The second-order valence-corrected chi connectivity index (χ2v) is 5.68. The van der Waals surface area contributed by atoms with Crippen LogP contribution in [-0.2, 0) is 0 Å². The summed E-state index contributed by atoms with van der Waals surface area (Å²) in [4.78, 5) is 9.07. The van der Waals surface area contributed by atoms with E-state index >= 15 is 0 Å². The zero-order valence-corrected chi connectivity index (χ0v) is 13.1. The summed E-state index contributed by atoms with van der Waals surface area (Å²) in [6.07, 6.45) is 6.47. The van der Waals surface area contributed by atoms with Crippen molar-refractivity contribution < 1.29 is 9.60 Å². The quantitative estimate of drug-likeness (QED) is 0.812. The Balaban J connectivity index is 2.01. The molecule has 1 aromatic heterocycles. The van der Waals surface area contributed by atoms with Crippen molar-refractivity contribution in [1.82, 2.24) is 10.0 Å². The third kappa shape index (κ3) is 2.44. The van der Waals surface area contributed by atoms with Crippen LogP contribution in [0.25, 0.3) is 5.57 Å². The van der Waals surface area contributed by atoms with Crippen LogP contribution in [0.2, 0.25) is 0 Å². The van der Waals surface area contributed by atoms with Gasteiger partial charge in [-0.25, -0.2) is 14.4 Å². The third-order valence-corrected chi connectivity index (χ3v) is 4.07. The van der Waals surface area contributed by atoms with Gasteiger partial charge in [-0.1, -0.05) is 23.7 Å². The molecule has 0 atom stereocenters.